The van der Waals surface area contributed by atoms with Gasteiger partial charge in [0.2, 0.25) is 15.9 Å². The minimum Gasteiger partial charge on any atom is -0.330 e. The fraction of sp³-hybridized carbons (Fsp3) is 0.300. The molecule has 160 valence electrons. The Labute approximate surface area is 185 Å². The Balaban J connectivity index is 1.75. The van der Waals surface area contributed by atoms with Crippen LogP contribution in [0.1, 0.15) is 22.8 Å². The second-order valence-electron chi connectivity index (χ2n) is 6.89. The zero-order chi connectivity index (χ0) is 22.1. The van der Waals surface area contributed by atoms with Gasteiger partial charge in [0.05, 0.1) is 27.7 Å². The maximum atomic E-state index is 12.9. The maximum Gasteiger partial charge on any atom is 0.254 e. The lowest BCUT2D eigenvalue weighted by Gasteiger charge is -2.21. The van der Waals surface area contributed by atoms with E-state index in [9.17, 15) is 18.0 Å². The second kappa shape index (κ2) is 8.83. The van der Waals surface area contributed by atoms with Crippen molar-refractivity contribution in [2.75, 3.05) is 35.5 Å². The molecular formula is C20H21Cl2N3O4S. The molecule has 2 aromatic carbocycles. The highest BCUT2D eigenvalue weighted by Gasteiger charge is 2.27. The molecule has 0 unspecified atom stereocenters. The van der Waals surface area contributed by atoms with Crippen molar-refractivity contribution >= 4 is 56.4 Å². The van der Waals surface area contributed by atoms with E-state index in [4.69, 9.17) is 23.2 Å². The average molecular weight is 470 g/mol. The summed E-state index contributed by atoms with van der Waals surface area (Å²) in [4.78, 5) is 26.8. The normalized spacial score (nSPS) is 13.1. The molecule has 0 saturated carbocycles. The number of nitrogens with one attached hydrogen (secondary N) is 1. The topological polar surface area (TPSA) is 86.8 Å². The molecule has 30 heavy (non-hydrogen) atoms. The first-order valence-corrected chi connectivity index (χ1v) is 11.9. The number of likely N-dealkylation sites (N-methyl/N-ethyl adjacent to an activating group) is 1. The number of anilines is 2. The number of nitrogens with zero attached hydrogens (tertiary/aromatic N) is 2. The smallest absolute Gasteiger partial charge is 0.254 e. The Morgan fingerprint density at radius 2 is 1.83 bits per heavy atom. The van der Waals surface area contributed by atoms with E-state index in [0.717, 1.165) is 11.8 Å². The van der Waals surface area contributed by atoms with Crippen molar-refractivity contribution in [3.05, 3.63) is 57.6 Å². The molecule has 0 atom stereocenters. The molecule has 0 spiro atoms. The second-order valence-corrected chi connectivity index (χ2v) is 9.61. The van der Waals surface area contributed by atoms with E-state index in [0.29, 0.717) is 46.5 Å². The third kappa shape index (κ3) is 4.71. The molecule has 1 aliphatic heterocycles. The third-order valence-corrected chi connectivity index (χ3v) is 6.62. The van der Waals surface area contributed by atoms with Gasteiger partial charge in [0.15, 0.2) is 0 Å². The monoisotopic (exact) mass is 469 g/mol. The lowest BCUT2D eigenvalue weighted by molar-refractivity contribution is -0.116. The maximum absolute atomic E-state index is 12.9. The molecule has 0 saturated heterocycles. The van der Waals surface area contributed by atoms with E-state index >= 15 is 0 Å². The number of hydrogen-bond acceptors (Lipinski definition) is 4. The van der Waals surface area contributed by atoms with Crippen molar-refractivity contribution in [1.29, 1.82) is 0 Å². The average Bonchev–Trinajstić information content (AvgIpc) is 3.12. The van der Waals surface area contributed by atoms with Gasteiger partial charge in [-0.05, 0) is 49.2 Å². The van der Waals surface area contributed by atoms with Crippen LogP contribution in [0.25, 0.3) is 0 Å². The number of hydrogen-bond donors (Lipinski definition) is 1. The summed E-state index contributed by atoms with van der Waals surface area (Å²) in [5.41, 5.74) is 2.07. The Morgan fingerprint density at radius 1 is 1.17 bits per heavy atom. The van der Waals surface area contributed by atoms with Gasteiger partial charge in [-0.2, -0.15) is 0 Å². The van der Waals surface area contributed by atoms with Crippen LogP contribution in [0.15, 0.2) is 36.4 Å². The summed E-state index contributed by atoms with van der Waals surface area (Å²) >= 11 is 12.1. The van der Waals surface area contributed by atoms with Crippen LogP contribution in [0.2, 0.25) is 10.0 Å². The Kier molecular flexibility index (Phi) is 6.59. The zero-order valence-electron chi connectivity index (χ0n) is 16.5. The Bertz CT molecular complexity index is 1080. The number of para-hydroxylation sites is 1. The van der Waals surface area contributed by atoms with Crippen LogP contribution < -0.4 is 9.62 Å². The lowest BCUT2D eigenvalue weighted by atomic mass is 10.1. The number of fused-ring (bicyclic) bond motifs is 1. The minimum atomic E-state index is -3.36. The Morgan fingerprint density at radius 3 is 2.43 bits per heavy atom. The molecule has 1 aliphatic rings. The van der Waals surface area contributed by atoms with Gasteiger partial charge in [0.1, 0.15) is 6.54 Å². The predicted octanol–water partition coefficient (Wildman–Crippen LogP) is 3.42. The van der Waals surface area contributed by atoms with Crippen LogP contribution >= 0.6 is 23.2 Å². The lowest BCUT2D eigenvalue weighted by Crippen LogP contribution is -2.38. The number of sulfonamides is 1. The van der Waals surface area contributed by atoms with Crippen molar-refractivity contribution in [3.63, 3.8) is 0 Å². The quantitative estimate of drug-likeness (QED) is 0.701. The van der Waals surface area contributed by atoms with Gasteiger partial charge in [-0.3, -0.25) is 13.9 Å². The summed E-state index contributed by atoms with van der Waals surface area (Å²) in [6, 6.07) is 9.78. The molecule has 1 heterocycles. The van der Waals surface area contributed by atoms with Gasteiger partial charge in [0, 0.05) is 18.7 Å². The van der Waals surface area contributed by atoms with Gasteiger partial charge in [-0.1, -0.05) is 29.3 Å². The molecule has 0 aliphatic carbocycles. The number of benzene rings is 2. The van der Waals surface area contributed by atoms with E-state index < -0.39 is 15.9 Å². The fourth-order valence-electron chi connectivity index (χ4n) is 3.33. The summed E-state index contributed by atoms with van der Waals surface area (Å²) in [5.74, 6) is -0.747. The van der Waals surface area contributed by atoms with Gasteiger partial charge >= 0.3 is 0 Å². The zero-order valence-corrected chi connectivity index (χ0v) is 18.8. The highest BCUT2D eigenvalue weighted by atomic mass is 35.5. The number of rotatable bonds is 6. The fourth-order valence-corrected chi connectivity index (χ4v) is 4.78. The minimum absolute atomic E-state index is 0.177. The molecular weight excluding hydrogens is 449 g/mol. The number of amides is 2. The van der Waals surface area contributed by atoms with Crippen molar-refractivity contribution in [3.8, 4) is 0 Å². The molecule has 10 heteroatoms. The van der Waals surface area contributed by atoms with Crippen LogP contribution in [-0.4, -0.2) is 51.0 Å². The van der Waals surface area contributed by atoms with E-state index in [1.807, 2.05) is 0 Å². The summed E-state index contributed by atoms with van der Waals surface area (Å²) in [5, 5.41) is 3.25. The largest absolute Gasteiger partial charge is 0.330 e. The van der Waals surface area contributed by atoms with Gasteiger partial charge in [-0.15, -0.1) is 0 Å². The van der Waals surface area contributed by atoms with E-state index in [1.54, 1.807) is 43.3 Å². The number of halogens is 2. The molecule has 2 aromatic rings. The van der Waals surface area contributed by atoms with Crippen molar-refractivity contribution in [1.82, 2.24) is 4.90 Å². The highest BCUT2D eigenvalue weighted by Crippen LogP contribution is 2.31. The van der Waals surface area contributed by atoms with Crippen molar-refractivity contribution in [2.24, 2.45) is 0 Å². The van der Waals surface area contributed by atoms with Crippen LogP contribution in [-0.2, 0) is 21.2 Å². The van der Waals surface area contributed by atoms with Crippen LogP contribution in [0.3, 0.4) is 0 Å². The van der Waals surface area contributed by atoms with E-state index in [-0.39, 0.29) is 12.5 Å². The highest BCUT2D eigenvalue weighted by molar-refractivity contribution is 7.92. The molecule has 2 amide bonds. The molecule has 0 fully saturated rings. The molecule has 0 radical (unpaired) electrons. The van der Waals surface area contributed by atoms with E-state index in [1.165, 1.54) is 9.21 Å². The Hall–Kier alpha value is -2.29. The SMILES string of the molecule is CCN(CC(=O)Nc1c(Cl)cccc1Cl)C(=O)c1ccc2c(c1)CCN2S(C)(=O)=O. The van der Waals surface area contributed by atoms with Gasteiger partial charge in [-0.25, -0.2) is 8.42 Å². The molecule has 0 bridgehead atoms. The standard InChI is InChI=1S/C20H21Cl2N3O4S/c1-3-24(12-18(26)23-19-15(21)5-4-6-16(19)22)20(27)14-7-8-17-13(11-14)9-10-25(17)30(2,28)29/h4-8,11H,3,9-10,12H2,1-2H3,(H,23,26). The third-order valence-electron chi connectivity index (χ3n) is 4.81. The first-order valence-electron chi connectivity index (χ1n) is 9.25. The number of carbonyl (C=O) groups is 2. The van der Waals surface area contributed by atoms with Gasteiger partial charge < -0.3 is 10.2 Å². The number of carbonyl (C=O) groups excluding carboxylic acids is 2. The molecule has 0 aromatic heterocycles. The van der Waals surface area contributed by atoms with Crippen molar-refractivity contribution in [2.45, 2.75) is 13.3 Å². The summed E-state index contributed by atoms with van der Waals surface area (Å²) in [6.45, 7) is 2.26. The predicted molar refractivity (Wildman–Crippen MR) is 119 cm³/mol. The summed E-state index contributed by atoms with van der Waals surface area (Å²) < 4.78 is 25.1. The van der Waals surface area contributed by atoms with Gasteiger partial charge in [0.25, 0.3) is 5.91 Å². The van der Waals surface area contributed by atoms with Crippen LogP contribution in [0, 0.1) is 0 Å². The van der Waals surface area contributed by atoms with Crippen LogP contribution in [0.5, 0.6) is 0 Å². The molecule has 3 rings (SSSR count). The first-order chi connectivity index (χ1) is 14.1. The summed E-state index contributed by atoms with van der Waals surface area (Å²) in [7, 11) is -3.36. The summed E-state index contributed by atoms with van der Waals surface area (Å²) in [6.07, 6.45) is 1.69. The van der Waals surface area contributed by atoms with Crippen LogP contribution in [0.4, 0.5) is 11.4 Å². The van der Waals surface area contributed by atoms with E-state index in [2.05, 4.69) is 5.32 Å². The first kappa shape index (κ1) is 22.4. The van der Waals surface area contributed by atoms with Crippen molar-refractivity contribution < 1.29 is 18.0 Å². The molecule has 7 nitrogen and oxygen atoms in total. The molecule has 1 N–H and O–H groups in total.